The number of hydrogen-bond donors (Lipinski definition) is 0. The Bertz CT molecular complexity index is 90.8. The largest absolute Gasteiger partial charge is 0.334 e. The second kappa shape index (κ2) is 7.06. The lowest BCUT2D eigenvalue weighted by Gasteiger charge is -1.69. The van der Waals surface area contributed by atoms with Gasteiger partial charge in [-0.05, 0) is 0 Å². The molecule has 9 heavy (non-hydrogen) atoms. The lowest BCUT2D eigenvalue weighted by atomic mass is 11.1. The van der Waals surface area contributed by atoms with Crippen molar-refractivity contribution in [1.82, 2.24) is 0 Å². The van der Waals surface area contributed by atoms with E-state index in [2.05, 4.69) is 0 Å². The molecule has 0 aliphatic rings. The molecule has 0 saturated heterocycles. The van der Waals surface area contributed by atoms with Crippen LogP contribution in [-0.2, 0) is 4.79 Å². The average molecular weight is 148 g/mol. The molecule has 0 radical (unpaired) electrons. The summed E-state index contributed by atoms with van der Waals surface area (Å²) in [5.41, 5.74) is 0. The van der Waals surface area contributed by atoms with Gasteiger partial charge in [0.2, 0.25) is 0 Å². The molecule has 0 fully saturated rings. The third kappa shape index (κ3) is 19.3. The summed E-state index contributed by atoms with van der Waals surface area (Å²) in [4.78, 5) is 8.14. The van der Waals surface area contributed by atoms with Crippen LogP contribution in [0.3, 0.4) is 0 Å². The molecule has 0 aromatic rings. The normalized spacial score (nSPS) is 6.78. The zero-order valence-corrected chi connectivity index (χ0v) is 3.88. The Balaban J connectivity index is 0. The minimum atomic E-state index is -2.91. The van der Waals surface area contributed by atoms with Gasteiger partial charge in [0.05, 0.1) is 0 Å². The average Bonchev–Trinajstić information content (AvgIpc) is 1.68. The highest BCUT2D eigenvalue weighted by Crippen LogP contribution is 2.08. The highest BCUT2D eigenvalue weighted by Gasteiger charge is 1.98. The van der Waals surface area contributed by atoms with Crippen molar-refractivity contribution in [2.45, 2.75) is 0 Å². The number of hydrogen-bond acceptors (Lipinski definition) is 1. The van der Waals surface area contributed by atoms with Crippen molar-refractivity contribution in [2.24, 2.45) is 0 Å². The van der Waals surface area contributed by atoms with Gasteiger partial charge in [-0.25, -0.2) is 0 Å². The minimum Gasteiger partial charge on any atom is -0.265 e. The Morgan fingerprint density at radius 3 is 1.11 bits per heavy atom. The summed E-state index contributed by atoms with van der Waals surface area (Å²) in [7, 11) is 0. The number of halogens is 5. The molecule has 1 nitrogen and oxygen atoms in total. The summed E-state index contributed by atoms with van der Waals surface area (Å²) in [6.45, 7) is -0.750. The van der Waals surface area contributed by atoms with E-state index < -0.39 is 18.7 Å². The van der Waals surface area contributed by atoms with Crippen LogP contribution in [0.4, 0.5) is 22.0 Å². The maximum atomic E-state index is 10.3. The smallest absolute Gasteiger partial charge is 0.265 e. The van der Waals surface area contributed by atoms with Crippen molar-refractivity contribution in [3.05, 3.63) is 12.2 Å². The van der Waals surface area contributed by atoms with E-state index in [0.29, 0.717) is 0 Å². The van der Waals surface area contributed by atoms with Crippen molar-refractivity contribution in [3.8, 4) is 0 Å². The first-order valence-corrected chi connectivity index (χ1v) is 1.46. The topological polar surface area (TPSA) is 17.1 Å². The van der Waals surface area contributed by atoms with Gasteiger partial charge in [-0.2, -0.15) is 22.0 Å². The molecular weight excluding hydrogens is 147 g/mol. The third-order valence-electron chi connectivity index (χ3n) is 0.143. The molecule has 0 atom stereocenters. The standard InChI is InChI=1S/C2F4.CHFO/c3-1(4)2(5)6;2-1-3/h;1H. The molecule has 0 aliphatic carbocycles. The molecule has 0 aromatic heterocycles. The second-order valence-electron chi connectivity index (χ2n) is 0.610. The predicted octanol–water partition coefficient (Wildman–Crippen LogP) is 2.14. The van der Waals surface area contributed by atoms with Gasteiger partial charge in [0.1, 0.15) is 0 Å². The van der Waals surface area contributed by atoms with Crippen LogP contribution >= 0.6 is 0 Å². The Morgan fingerprint density at radius 2 is 1.11 bits per heavy atom. The highest BCUT2D eigenvalue weighted by molar-refractivity contribution is 5.35. The first-order chi connectivity index (χ1) is 4.06. The molecule has 0 rings (SSSR count). The van der Waals surface area contributed by atoms with Crippen LogP contribution in [0, 0.1) is 0 Å². The molecule has 6 heteroatoms. The molecule has 0 aliphatic heterocycles. The fourth-order valence-corrected chi connectivity index (χ4v) is 0. The van der Waals surface area contributed by atoms with Crippen molar-refractivity contribution >= 4 is 6.54 Å². The van der Waals surface area contributed by atoms with Crippen LogP contribution in [0.2, 0.25) is 0 Å². The van der Waals surface area contributed by atoms with Crippen molar-refractivity contribution in [1.29, 1.82) is 0 Å². The monoisotopic (exact) mass is 148 g/mol. The van der Waals surface area contributed by atoms with Crippen LogP contribution in [-0.4, -0.2) is 6.54 Å². The Labute approximate surface area is 46.8 Å². The molecule has 0 bridgehead atoms. The van der Waals surface area contributed by atoms with E-state index in [1.165, 1.54) is 0 Å². The minimum absolute atomic E-state index is 0.750. The van der Waals surface area contributed by atoms with Gasteiger partial charge in [-0.3, -0.25) is 4.79 Å². The first-order valence-electron chi connectivity index (χ1n) is 1.46. The quantitative estimate of drug-likeness (QED) is 0.292. The highest BCUT2D eigenvalue weighted by atomic mass is 19.3. The van der Waals surface area contributed by atoms with E-state index in [1.807, 2.05) is 0 Å². The summed E-state index contributed by atoms with van der Waals surface area (Å²) in [5, 5.41) is 0. The van der Waals surface area contributed by atoms with Crippen LogP contribution in [0.25, 0.3) is 0 Å². The number of carbonyl (C=O) groups is 1. The molecule has 0 amide bonds. The van der Waals surface area contributed by atoms with Crippen molar-refractivity contribution in [3.63, 3.8) is 0 Å². The van der Waals surface area contributed by atoms with Crippen LogP contribution in [0.1, 0.15) is 0 Å². The lowest BCUT2D eigenvalue weighted by molar-refractivity contribution is 0.308. The van der Waals surface area contributed by atoms with E-state index in [4.69, 9.17) is 4.79 Å². The molecule has 0 unspecified atom stereocenters. The molecule has 0 spiro atoms. The van der Waals surface area contributed by atoms with Gasteiger partial charge in [0.15, 0.2) is 0 Å². The fraction of sp³-hybridized carbons (Fsp3) is 0. The summed E-state index contributed by atoms with van der Waals surface area (Å²) in [6.07, 6.45) is -5.81. The Kier molecular flexibility index (Phi) is 8.58. The van der Waals surface area contributed by atoms with Crippen molar-refractivity contribution in [2.75, 3.05) is 0 Å². The molecular formula is C3HF5O. The van der Waals surface area contributed by atoms with Gasteiger partial charge in [-0.15, -0.1) is 0 Å². The van der Waals surface area contributed by atoms with Crippen LogP contribution in [0.15, 0.2) is 12.2 Å². The van der Waals surface area contributed by atoms with E-state index >= 15 is 0 Å². The predicted molar refractivity (Wildman–Crippen MR) is 19.3 cm³/mol. The fourth-order valence-electron chi connectivity index (χ4n) is 0. The molecule has 54 valence electrons. The Hall–Kier alpha value is -0.940. The maximum Gasteiger partial charge on any atom is 0.334 e. The SMILES string of the molecule is FC(F)=C(F)F.O=CF. The van der Waals surface area contributed by atoms with Gasteiger partial charge in [0, 0.05) is 0 Å². The molecule has 0 heterocycles. The van der Waals surface area contributed by atoms with Crippen LogP contribution < -0.4 is 0 Å². The molecule has 0 aromatic carbocycles. The zero-order valence-electron chi connectivity index (χ0n) is 3.88. The summed E-state index contributed by atoms with van der Waals surface area (Å²) < 4.78 is 50.8. The lowest BCUT2D eigenvalue weighted by Crippen LogP contribution is -1.56. The van der Waals surface area contributed by atoms with Gasteiger partial charge < -0.3 is 0 Å². The second-order valence-corrected chi connectivity index (χ2v) is 0.610. The molecule has 0 N–H and O–H groups in total. The van der Waals surface area contributed by atoms with E-state index in [1.54, 1.807) is 0 Å². The van der Waals surface area contributed by atoms with Gasteiger partial charge in [-0.1, -0.05) is 0 Å². The zero-order chi connectivity index (χ0) is 7.86. The van der Waals surface area contributed by atoms with Crippen molar-refractivity contribution < 1.29 is 26.7 Å². The summed E-state index contributed by atoms with van der Waals surface area (Å²) in [6, 6.07) is 0. The summed E-state index contributed by atoms with van der Waals surface area (Å²) in [5.74, 6) is 0. The number of carbonyl (C=O) groups excluding carboxylic acids is 1. The first kappa shape index (κ1) is 10.9. The Morgan fingerprint density at radius 1 is 1.00 bits per heavy atom. The van der Waals surface area contributed by atoms with E-state index in [-0.39, 0.29) is 0 Å². The maximum absolute atomic E-state index is 10.3. The van der Waals surface area contributed by atoms with E-state index in [9.17, 15) is 22.0 Å². The third-order valence-corrected chi connectivity index (χ3v) is 0.143. The van der Waals surface area contributed by atoms with Gasteiger partial charge in [0.25, 0.3) is 6.54 Å². The number of rotatable bonds is 0. The van der Waals surface area contributed by atoms with Crippen LogP contribution in [0.5, 0.6) is 0 Å². The van der Waals surface area contributed by atoms with Gasteiger partial charge >= 0.3 is 12.2 Å². The van der Waals surface area contributed by atoms with E-state index in [0.717, 1.165) is 0 Å². The molecule has 0 saturated carbocycles. The summed E-state index contributed by atoms with van der Waals surface area (Å²) >= 11 is 0.